The Labute approximate surface area is 122 Å². The lowest BCUT2D eigenvalue weighted by molar-refractivity contribution is -0.134. The first-order valence-electron chi connectivity index (χ1n) is 7.20. The van der Waals surface area contributed by atoms with Crippen molar-refractivity contribution in [3.05, 3.63) is 29.6 Å². The summed E-state index contributed by atoms with van der Waals surface area (Å²) in [6, 6.07) is 4.24. The minimum Gasteiger partial charge on any atom is -0.396 e. The number of benzene rings is 1. The van der Waals surface area contributed by atoms with Crippen LogP contribution in [0.25, 0.3) is 0 Å². The van der Waals surface area contributed by atoms with Crippen LogP contribution in [0.1, 0.15) is 23.2 Å². The zero-order valence-electron chi connectivity index (χ0n) is 11.7. The molecule has 1 aromatic carbocycles. The third-order valence-corrected chi connectivity index (χ3v) is 4.09. The van der Waals surface area contributed by atoms with Gasteiger partial charge in [0.1, 0.15) is 5.82 Å². The number of carbonyl (C=O) groups is 2. The fourth-order valence-corrected chi connectivity index (χ4v) is 2.61. The Bertz CT molecular complexity index is 578. The number of hydrogen-bond acceptors (Lipinski definition) is 3. The van der Waals surface area contributed by atoms with Gasteiger partial charge in [0.05, 0.1) is 11.3 Å². The summed E-state index contributed by atoms with van der Waals surface area (Å²) in [5.74, 6) is -0.451. The first-order chi connectivity index (χ1) is 10.1. The highest BCUT2D eigenvalue weighted by Crippen LogP contribution is 2.31. The van der Waals surface area contributed by atoms with E-state index >= 15 is 0 Å². The molecule has 1 heterocycles. The summed E-state index contributed by atoms with van der Waals surface area (Å²) in [5.41, 5.74) is 5.71. The van der Waals surface area contributed by atoms with Crippen LogP contribution in [0.5, 0.6) is 0 Å². The molecule has 2 aliphatic rings. The van der Waals surface area contributed by atoms with Crippen molar-refractivity contribution in [2.75, 3.05) is 31.9 Å². The molecule has 0 radical (unpaired) electrons. The van der Waals surface area contributed by atoms with Gasteiger partial charge in [0, 0.05) is 32.1 Å². The van der Waals surface area contributed by atoms with Gasteiger partial charge < -0.3 is 15.5 Å². The quantitative estimate of drug-likeness (QED) is 0.830. The van der Waals surface area contributed by atoms with Crippen molar-refractivity contribution in [1.82, 2.24) is 9.80 Å². The van der Waals surface area contributed by atoms with E-state index in [1.807, 2.05) is 4.90 Å². The molecule has 2 amide bonds. The Morgan fingerprint density at radius 1 is 1.10 bits per heavy atom. The number of halogens is 1. The molecule has 3 rings (SSSR count). The molecule has 1 aromatic rings. The molecular weight excluding hydrogens is 273 g/mol. The van der Waals surface area contributed by atoms with E-state index in [0.717, 1.165) is 12.8 Å². The van der Waals surface area contributed by atoms with Crippen molar-refractivity contribution in [2.45, 2.75) is 12.8 Å². The molecule has 2 fully saturated rings. The van der Waals surface area contributed by atoms with Gasteiger partial charge in [-0.2, -0.15) is 0 Å². The summed E-state index contributed by atoms with van der Waals surface area (Å²) in [6.07, 6.45) is 1.97. The molecule has 0 bridgehead atoms. The standard InChI is InChI=1S/C15H18FN3O2/c16-12-3-1-2-11(13(12)17)15(21)19-8-6-18(7-9-19)14(20)10-4-5-10/h1-3,10H,4-9,17H2. The van der Waals surface area contributed by atoms with Crippen molar-refractivity contribution < 1.29 is 14.0 Å². The van der Waals surface area contributed by atoms with E-state index in [4.69, 9.17) is 5.73 Å². The van der Waals surface area contributed by atoms with E-state index in [0.29, 0.717) is 26.2 Å². The molecule has 0 aromatic heterocycles. The topological polar surface area (TPSA) is 66.6 Å². The van der Waals surface area contributed by atoms with Crippen LogP contribution in [0.4, 0.5) is 10.1 Å². The Morgan fingerprint density at radius 3 is 2.33 bits per heavy atom. The van der Waals surface area contributed by atoms with E-state index in [-0.39, 0.29) is 29.0 Å². The molecule has 2 N–H and O–H groups in total. The largest absolute Gasteiger partial charge is 0.396 e. The Balaban J connectivity index is 1.64. The average Bonchev–Trinajstić information content (AvgIpc) is 3.33. The molecule has 1 aliphatic carbocycles. The SMILES string of the molecule is Nc1c(F)cccc1C(=O)N1CCN(C(=O)C2CC2)CC1. The average molecular weight is 291 g/mol. The smallest absolute Gasteiger partial charge is 0.256 e. The van der Waals surface area contributed by atoms with Gasteiger partial charge in [0.25, 0.3) is 5.91 Å². The summed E-state index contributed by atoms with van der Waals surface area (Å²) in [6.45, 7) is 2.01. The van der Waals surface area contributed by atoms with Crippen LogP contribution >= 0.6 is 0 Å². The van der Waals surface area contributed by atoms with Crippen LogP contribution < -0.4 is 5.73 Å². The summed E-state index contributed by atoms with van der Waals surface area (Å²) >= 11 is 0. The zero-order valence-corrected chi connectivity index (χ0v) is 11.7. The fraction of sp³-hybridized carbons (Fsp3) is 0.467. The Hall–Kier alpha value is -2.11. The van der Waals surface area contributed by atoms with E-state index in [1.165, 1.54) is 18.2 Å². The second-order valence-electron chi connectivity index (χ2n) is 5.59. The summed E-state index contributed by atoms with van der Waals surface area (Å²) in [7, 11) is 0. The van der Waals surface area contributed by atoms with Gasteiger partial charge in [0.15, 0.2) is 0 Å². The predicted molar refractivity (Wildman–Crippen MR) is 76.0 cm³/mol. The number of carbonyl (C=O) groups excluding carboxylic acids is 2. The van der Waals surface area contributed by atoms with E-state index in [2.05, 4.69) is 0 Å². The third-order valence-electron chi connectivity index (χ3n) is 4.09. The highest BCUT2D eigenvalue weighted by Gasteiger charge is 2.35. The van der Waals surface area contributed by atoms with Crippen molar-refractivity contribution in [3.8, 4) is 0 Å². The Kier molecular flexibility index (Phi) is 3.53. The van der Waals surface area contributed by atoms with Crippen molar-refractivity contribution in [2.24, 2.45) is 5.92 Å². The predicted octanol–water partition coefficient (Wildman–Crippen LogP) is 1.10. The van der Waals surface area contributed by atoms with Crippen LogP contribution in [-0.2, 0) is 4.79 Å². The summed E-state index contributed by atoms with van der Waals surface area (Å²) in [5, 5.41) is 0. The molecule has 0 unspecified atom stereocenters. The minimum atomic E-state index is -0.580. The van der Waals surface area contributed by atoms with Gasteiger partial charge in [-0.25, -0.2) is 4.39 Å². The summed E-state index contributed by atoms with van der Waals surface area (Å²) < 4.78 is 13.4. The van der Waals surface area contributed by atoms with Crippen molar-refractivity contribution >= 4 is 17.5 Å². The molecule has 1 aliphatic heterocycles. The number of piperazine rings is 1. The van der Waals surface area contributed by atoms with Crippen LogP contribution in [0, 0.1) is 11.7 Å². The molecule has 6 heteroatoms. The molecule has 5 nitrogen and oxygen atoms in total. The van der Waals surface area contributed by atoms with Gasteiger partial charge in [-0.3, -0.25) is 9.59 Å². The van der Waals surface area contributed by atoms with Crippen molar-refractivity contribution in [3.63, 3.8) is 0 Å². The molecule has 1 saturated carbocycles. The first-order valence-corrected chi connectivity index (χ1v) is 7.20. The number of amides is 2. The summed E-state index contributed by atoms with van der Waals surface area (Å²) in [4.78, 5) is 27.8. The normalized spacial score (nSPS) is 18.7. The molecule has 21 heavy (non-hydrogen) atoms. The zero-order chi connectivity index (χ0) is 15.0. The van der Waals surface area contributed by atoms with Gasteiger partial charge >= 0.3 is 0 Å². The monoisotopic (exact) mass is 291 g/mol. The van der Waals surface area contributed by atoms with E-state index < -0.39 is 5.82 Å². The second kappa shape index (κ2) is 5.35. The lowest BCUT2D eigenvalue weighted by Gasteiger charge is -2.35. The lowest BCUT2D eigenvalue weighted by Crippen LogP contribution is -2.51. The number of nitrogens with zero attached hydrogens (tertiary/aromatic N) is 2. The molecule has 112 valence electrons. The number of anilines is 1. The minimum absolute atomic E-state index is 0.112. The maximum Gasteiger partial charge on any atom is 0.256 e. The van der Waals surface area contributed by atoms with E-state index in [1.54, 1.807) is 4.90 Å². The van der Waals surface area contributed by atoms with Crippen LogP contribution in [0.3, 0.4) is 0 Å². The first kappa shape index (κ1) is 13.9. The second-order valence-corrected chi connectivity index (χ2v) is 5.59. The number of hydrogen-bond donors (Lipinski definition) is 1. The highest BCUT2D eigenvalue weighted by atomic mass is 19.1. The Morgan fingerprint density at radius 2 is 1.71 bits per heavy atom. The number of para-hydroxylation sites is 1. The maximum absolute atomic E-state index is 13.4. The highest BCUT2D eigenvalue weighted by molar-refractivity contribution is 5.99. The van der Waals surface area contributed by atoms with Gasteiger partial charge in [0.2, 0.25) is 5.91 Å². The molecule has 0 spiro atoms. The van der Waals surface area contributed by atoms with Gasteiger partial charge in [-0.1, -0.05) is 6.07 Å². The number of rotatable bonds is 2. The fourth-order valence-electron chi connectivity index (χ4n) is 2.61. The number of nitrogen functional groups attached to an aromatic ring is 1. The van der Waals surface area contributed by atoms with Crippen molar-refractivity contribution in [1.29, 1.82) is 0 Å². The van der Waals surface area contributed by atoms with Crippen LogP contribution in [0.15, 0.2) is 18.2 Å². The van der Waals surface area contributed by atoms with Gasteiger partial charge in [-0.05, 0) is 25.0 Å². The lowest BCUT2D eigenvalue weighted by atomic mass is 10.1. The van der Waals surface area contributed by atoms with Crippen LogP contribution in [0.2, 0.25) is 0 Å². The van der Waals surface area contributed by atoms with Gasteiger partial charge in [-0.15, -0.1) is 0 Å². The molecule has 1 saturated heterocycles. The number of nitrogens with two attached hydrogens (primary N) is 1. The maximum atomic E-state index is 13.4. The molecular formula is C15H18FN3O2. The molecule has 0 atom stereocenters. The van der Waals surface area contributed by atoms with Crippen LogP contribution in [-0.4, -0.2) is 47.8 Å². The third kappa shape index (κ3) is 2.70. The van der Waals surface area contributed by atoms with E-state index in [9.17, 15) is 14.0 Å².